The molecule has 1 aliphatic rings. The molecule has 2 aromatic rings. The van der Waals surface area contributed by atoms with Gasteiger partial charge in [-0.1, -0.05) is 6.07 Å². The summed E-state index contributed by atoms with van der Waals surface area (Å²) in [7, 11) is 2.87. The zero-order valence-corrected chi connectivity index (χ0v) is 12.6. The van der Waals surface area contributed by atoms with Crippen LogP contribution in [0.5, 0.6) is 0 Å². The molecule has 2 unspecified atom stereocenters. The van der Waals surface area contributed by atoms with Gasteiger partial charge in [0.15, 0.2) is 0 Å². The Morgan fingerprint density at radius 3 is 2.82 bits per heavy atom. The van der Waals surface area contributed by atoms with E-state index < -0.39 is 12.0 Å². The highest BCUT2D eigenvalue weighted by Crippen LogP contribution is 2.33. The number of amidine groups is 1. The van der Waals surface area contributed by atoms with E-state index in [-0.39, 0.29) is 12.0 Å². The molecule has 2 atom stereocenters. The van der Waals surface area contributed by atoms with Crippen LogP contribution in [-0.4, -0.2) is 31.9 Å². The lowest BCUT2D eigenvalue weighted by molar-refractivity contribution is -0.143. The van der Waals surface area contributed by atoms with Gasteiger partial charge in [0, 0.05) is 11.1 Å². The second kappa shape index (κ2) is 5.63. The number of carbonyl (C=O) groups is 1. The summed E-state index contributed by atoms with van der Waals surface area (Å²) in [4.78, 5) is 20.8. The molecule has 0 spiro atoms. The fourth-order valence-electron chi connectivity index (χ4n) is 2.63. The van der Waals surface area contributed by atoms with Crippen LogP contribution in [0.2, 0.25) is 0 Å². The minimum atomic E-state index is -0.562. The van der Waals surface area contributed by atoms with E-state index in [1.54, 1.807) is 13.2 Å². The first-order valence-corrected chi connectivity index (χ1v) is 6.86. The van der Waals surface area contributed by atoms with E-state index in [0.717, 1.165) is 16.5 Å². The molecule has 0 saturated carbocycles. The monoisotopic (exact) mass is 300 g/mol. The van der Waals surface area contributed by atoms with E-state index in [2.05, 4.69) is 9.98 Å². The molecule has 3 rings (SSSR count). The predicted molar refractivity (Wildman–Crippen MR) is 82.0 cm³/mol. The number of carbonyl (C=O) groups excluding carboxylic acids is 1. The first-order chi connectivity index (χ1) is 10.6. The van der Waals surface area contributed by atoms with Crippen LogP contribution in [0.1, 0.15) is 18.5 Å². The molecule has 114 valence electrons. The molecule has 0 amide bonds. The van der Waals surface area contributed by atoms with Crippen molar-refractivity contribution in [1.29, 1.82) is 0 Å². The van der Waals surface area contributed by atoms with Crippen LogP contribution in [-0.2, 0) is 14.3 Å². The summed E-state index contributed by atoms with van der Waals surface area (Å²) in [6, 6.07) is 7.41. The standard InChI is InChI=1S/C16H16N2O4/c1-9-13(15(19)20-2)14(18-16(17-9)21-3)11-4-5-12-10(8-11)6-7-22-12/h4-8,13-14H,1-3H3. The van der Waals surface area contributed by atoms with Crippen LogP contribution in [0.25, 0.3) is 11.0 Å². The lowest BCUT2D eigenvalue weighted by Crippen LogP contribution is -2.33. The highest BCUT2D eigenvalue weighted by molar-refractivity contribution is 6.07. The van der Waals surface area contributed by atoms with E-state index in [4.69, 9.17) is 13.9 Å². The minimum Gasteiger partial charge on any atom is -0.468 e. The predicted octanol–water partition coefficient (Wildman–Crippen LogP) is 2.74. The number of furan rings is 1. The minimum absolute atomic E-state index is 0.259. The Labute approximate surface area is 127 Å². The third-order valence-electron chi connectivity index (χ3n) is 3.74. The van der Waals surface area contributed by atoms with Gasteiger partial charge in [0.25, 0.3) is 0 Å². The Bertz CT molecular complexity index is 775. The number of hydrogen-bond acceptors (Lipinski definition) is 6. The van der Waals surface area contributed by atoms with Gasteiger partial charge in [0.2, 0.25) is 0 Å². The zero-order chi connectivity index (χ0) is 15.7. The topological polar surface area (TPSA) is 73.4 Å². The molecule has 0 radical (unpaired) electrons. The van der Waals surface area contributed by atoms with Gasteiger partial charge in [-0.2, -0.15) is 0 Å². The SMILES string of the molecule is COC(=O)C1C(C)=NC(OC)=NC1c1ccc2occc2c1. The molecule has 22 heavy (non-hydrogen) atoms. The van der Waals surface area contributed by atoms with Gasteiger partial charge in [0.1, 0.15) is 11.5 Å². The maximum absolute atomic E-state index is 12.1. The summed E-state index contributed by atoms with van der Waals surface area (Å²) in [5.41, 5.74) is 2.29. The van der Waals surface area contributed by atoms with E-state index >= 15 is 0 Å². The van der Waals surface area contributed by atoms with Gasteiger partial charge in [-0.15, -0.1) is 0 Å². The summed E-state index contributed by atoms with van der Waals surface area (Å²) in [5, 5.41) is 0.954. The molecule has 2 heterocycles. The van der Waals surface area contributed by atoms with Gasteiger partial charge in [-0.05, 0) is 30.7 Å². The van der Waals surface area contributed by atoms with Crippen molar-refractivity contribution in [3.63, 3.8) is 0 Å². The molecule has 1 aromatic heterocycles. The van der Waals surface area contributed by atoms with E-state index in [1.807, 2.05) is 24.3 Å². The van der Waals surface area contributed by atoms with Crippen LogP contribution in [0.3, 0.4) is 0 Å². The number of methoxy groups -OCH3 is 2. The van der Waals surface area contributed by atoms with E-state index in [9.17, 15) is 4.79 Å². The molecule has 0 N–H and O–H groups in total. The second-order valence-electron chi connectivity index (χ2n) is 5.03. The number of aliphatic imine (C=N–C) groups is 2. The Balaban J connectivity index is 2.08. The third-order valence-corrected chi connectivity index (χ3v) is 3.74. The van der Waals surface area contributed by atoms with Crippen molar-refractivity contribution < 1.29 is 18.7 Å². The second-order valence-corrected chi connectivity index (χ2v) is 5.03. The summed E-state index contributed by atoms with van der Waals surface area (Å²) >= 11 is 0. The Kier molecular flexibility index (Phi) is 3.66. The molecule has 6 heteroatoms. The molecule has 6 nitrogen and oxygen atoms in total. The number of rotatable bonds is 2. The lowest BCUT2D eigenvalue weighted by atomic mass is 9.88. The Morgan fingerprint density at radius 2 is 2.09 bits per heavy atom. The van der Waals surface area contributed by atoms with Gasteiger partial charge >= 0.3 is 12.0 Å². The maximum Gasteiger partial charge on any atom is 0.316 e. The first-order valence-electron chi connectivity index (χ1n) is 6.86. The van der Waals surface area contributed by atoms with E-state index in [0.29, 0.717) is 5.71 Å². The number of esters is 1. The molecule has 1 aliphatic heterocycles. The van der Waals surface area contributed by atoms with Crippen molar-refractivity contribution in [1.82, 2.24) is 0 Å². The smallest absolute Gasteiger partial charge is 0.316 e. The van der Waals surface area contributed by atoms with Crippen LogP contribution >= 0.6 is 0 Å². The van der Waals surface area contributed by atoms with Crippen molar-refractivity contribution in [2.24, 2.45) is 15.9 Å². The van der Waals surface area contributed by atoms with Gasteiger partial charge in [0.05, 0.1) is 26.5 Å². The van der Waals surface area contributed by atoms with Crippen molar-refractivity contribution in [2.45, 2.75) is 13.0 Å². The molecular weight excluding hydrogens is 284 g/mol. The third kappa shape index (κ3) is 2.36. The molecule has 0 fully saturated rings. The van der Waals surface area contributed by atoms with Gasteiger partial charge in [-0.3, -0.25) is 4.79 Å². The highest BCUT2D eigenvalue weighted by atomic mass is 16.5. The first kappa shape index (κ1) is 14.3. The average molecular weight is 300 g/mol. The lowest BCUT2D eigenvalue weighted by Gasteiger charge is -2.26. The zero-order valence-electron chi connectivity index (χ0n) is 12.6. The molecule has 0 saturated heterocycles. The molecule has 0 aliphatic carbocycles. The number of nitrogens with zero attached hydrogens (tertiary/aromatic N) is 2. The van der Waals surface area contributed by atoms with Crippen molar-refractivity contribution in [3.8, 4) is 0 Å². The van der Waals surface area contributed by atoms with Crippen LogP contribution in [0.15, 0.2) is 44.9 Å². The summed E-state index contributed by atoms with van der Waals surface area (Å²) in [5.74, 6) is -0.925. The van der Waals surface area contributed by atoms with Crippen LogP contribution < -0.4 is 0 Å². The summed E-state index contributed by atoms with van der Waals surface area (Å²) in [6.45, 7) is 1.78. The summed E-state index contributed by atoms with van der Waals surface area (Å²) in [6.07, 6.45) is 1.63. The summed E-state index contributed by atoms with van der Waals surface area (Å²) < 4.78 is 15.4. The highest BCUT2D eigenvalue weighted by Gasteiger charge is 2.36. The van der Waals surface area contributed by atoms with E-state index in [1.165, 1.54) is 14.2 Å². The van der Waals surface area contributed by atoms with Gasteiger partial charge in [-0.25, -0.2) is 9.98 Å². The van der Waals surface area contributed by atoms with Crippen molar-refractivity contribution in [2.75, 3.05) is 14.2 Å². The van der Waals surface area contributed by atoms with Crippen molar-refractivity contribution in [3.05, 3.63) is 36.1 Å². The average Bonchev–Trinajstić information content (AvgIpc) is 3.00. The number of benzene rings is 1. The van der Waals surface area contributed by atoms with Gasteiger partial charge < -0.3 is 13.9 Å². The Hall–Kier alpha value is -2.63. The number of ether oxygens (including phenoxy) is 2. The number of hydrogen-bond donors (Lipinski definition) is 0. The van der Waals surface area contributed by atoms with Crippen molar-refractivity contribution >= 4 is 28.7 Å². The Morgan fingerprint density at radius 1 is 1.27 bits per heavy atom. The fourth-order valence-corrected chi connectivity index (χ4v) is 2.63. The largest absolute Gasteiger partial charge is 0.468 e. The van der Waals surface area contributed by atoms with Crippen LogP contribution in [0, 0.1) is 5.92 Å². The molecule has 1 aromatic carbocycles. The maximum atomic E-state index is 12.1. The molecular formula is C16H16N2O4. The van der Waals surface area contributed by atoms with Crippen LogP contribution in [0.4, 0.5) is 0 Å². The molecule has 0 bridgehead atoms. The number of fused-ring (bicyclic) bond motifs is 1. The fraction of sp³-hybridized carbons (Fsp3) is 0.312. The normalized spacial score (nSPS) is 21.2. The quantitative estimate of drug-likeness (QED) is 0.799.